The van der Waals surface area contributed by atoms with Gasteiger partial charge in [0, 0.05) is 0 Å². The first-order valence-corrected chi connectivity index (χ1v) is 9.88. The highest BCUT2D eigenvalue weighted by molar-refractivity contribution is 6.29. The Labute approximate surface area is 186 Å². The van der Waals surface area contributed by atoms with Gasteiger partial charge in [0.2, 0.25) is 17.2 Å². The smallest absolute Gasteiger partial charge is 0.255 e. The molecule has 0 heterocycles. The molecule has 10 nitrogen and oxygen atoms in total. The monoisotopic (exact) mass is 460 g/mol. The fourth-order valence-corrected chi connectivity index (χ4v) is 5.44. The Morgan fingerprint density at radius 2 is 1.82 bits per heavy atom. The zero-order valence-corrected chi connectivity index (χ0v) is 17.6. The molecule has 0 aromatic heterocycles. The average molecular weight is 460 g/mol. The lowest BCUT2D eigenvalue weighted by molar-refractivity contribution is -0.189. The Bertz CT molecular complexity index is 1210. The number of aliphatic hydroxyl groups is 3. The molecule has 3 aliphatic rings. The van der Waals surface area contributed by atoms with Crippen molar-refractivity contribution < 1.29 is 44.0 Å². The van der Waals surface area contributed by atoms with Gasteiger partial charge in [-0.25, -0.2) is 4.39 Å². The number of nitrogens with two attached hydrogens (primary N) is 1. The Balaban J connectivity index is 2.08. The number of phenolic OH excluding ortho intramolecular Hbond substituents is 1. The number of carbonyl (C=O) groups is 4. The van der Waals surface area contributed by atoms with Crippen LogP contribution in [0.4, 0.5) is 4.39 Å². The number of amides is 1. The van der Waals surface area contributed by atoms with Crippen LogP contribution in [0.15, 0.2) is 36.1 Å². The van der Waals surface area contributed by atoms with Crippen LogP contribution in [0.25, 0.3) is 5.57 Å². The molecule has 4 rings (SSSR count). The zero-order valence-electron chi connectivity index (χ0n) is 17.6. The van der Waals surface area contributed by atoms with Crippen molar-refractivity contribution in [2.24, 2.45) is 17.6 Å². The van der Waals surface area contributed by atoms with Gasteiger partial charge in [-0.1, -0.05) is 18.7 Å². The molecule has 33 heavy (non-hydrogen) atoms. The number of phenols is 1. The SMILES string of the molecule is C=C1c2cccc(O)c2C(=O)[C@]2(F)C(=O)[C@]3(O)C(O)=C(C(N)=O)C(=O)[C@@H](N(C)C)[C@@H]3[C@@H](O)[C@H]12. The maximum atomic E-state index is 16.6. The number of hydrogen-bond donors (Lipinski definition) is 5. The molecule has 0 saturated heterocycles. The number of benzene rings is 1. The van der Waals surface area contributed by atoms with Gasteiger partial charge in [-0.15, -0.1) is 0 Å². The maximum absolute atomic E-state index is 16.6. The summed E-state index contributed by atoms with van der Waals surface area (Å²) >= 11 is 0. The normalized spacial score (nSPS) is 35.9. The molecule has 6 atom stereocenters. The largest absolute Gasteiger partial charge is 0.508 e. The fourth-order valence-electron chi connectivity index (χ4n) is 5.44. The number of aliphatic hydroxyl groups excluding tert-OH is 2. The summed E-state index contributed by atoms with van der Waals surface area (Å²) in [4.78, 5) is 52.8. The predicted octanol–water partition coefficient (Wildman–Crippen LogP) is -0.973. The van der Waals surface area contributed by atoms with Crippen molar-refractivity contribution in [2.45, 2.75) is 23.4 Å². The van der Waals surface area contributed by atoms with Gasteiger partial charge in [-0.05, 0) is 31.3 Å². The predicted molar refractivity (Wildman–Crippen MR) is 110 cm³/mol. The van der Waals surface area contributed by atoms with Crippen LogP contribution < -0.4 is 5.73 Å². The molecule has 1 fully saturated rings. The van der Waals surface area contributed by atoms with Crippen molar-refractivity contribution >= 4 is 28.8 Å². The number of aromatic hydroxyl groups is 1. The van der Waals surface area contributed by atoms with Crippen LogP contribution in [0.1, 0.15) is 15.9 Å². The average Bonchev–Trinajstić information content (AvgIpc) is 2.72. The van der Waals surface area contributed by atoms with Gasteiger partial charge in [0.15, 0.2) is 11.4 Å². The number of halogens is 1. The van der Waals surface area contributed by atoms with Crippen LogP contribution in [0.5, 0.6) is 5.75 Å². The number of rotatable bonds is 2. The van der Waals surface area contributed by atoms with E-state index >= 15 is 4.39 Å². The molecule has 11 heteroatoms. The van der Waals surface area contributed by atoms with Crippen LogP contribution >= 0.6 is 0 Å². The topological polar surface area (TPSA) is 178 Å². The van der Waals surface area contributed by atoms with E-state index < -0.39 is 81.2 Å². The molecule has 1 aromatic carbocycles. The highest BCUT2D eigenvalue weighted by atomic mass is 19.1. The lowest BCUT2D eigenvalue weighted by Gasteiger charge is -2.56. The van der Waals surface area contributed by atoms with E-state index in [-0.39, 0.29) is 11.1 Å². The molecule has 6 N–H and O–H groups in total. The first-order valence-electron chi connectivity index (χ1n) is 9.88. The molecule has 1 amide bonds. The van der Waals surface area contributed by atoms with E-state index in [0.29, 0.717) is 0 Å². The van der Waals surface area contributed by atoms with Gasteiger partial charge in [0.25, 0.3) is 5.91 Å². The minimum atomic E-state index is -3.68. The number of hydrogen-bond acceptors (Lipinski definition) is 9. The lowest BCUT2D eigenvalue weighted by Crippen LogP contribution is -2.77. The molecule has 1 saturated carbocycles. The fraction of sp³-hybridized carbons (Fsp3) is 0.364. The van der Waals surface area contributed by atoms with Crippen molar-refractivity contribution in [3.63, 3.8) is 0 Å². The zero-order chi connectivity index (χ0) is 24.8. The van der Waals surface area contributed by atoms with Crippen LogP contribution in [-0.4, -0.2) is 86.1 Å². The van der Waals surface area contributed by atoms with E-state index in [2.05, 4.69) is 6.58 Å². The third kappa shape index (κ3) is 2.46. The van der Waals surface area contributed by atoms with Crippen molar-refractivity contribution in [3.05, 3.63) is 47.2 Å². The van der Waals surface area contributed by atoms with Gasteiger partial charge < -0.3 is 26.2 Å². The van der Waals surface area contributed by atoms with Gasteiger partial charge in [-0.3, -0.25) is 24.1 Å². The third-order valence-corrected chi connectivity index (χ3v) is 6.87. The number of Topliss-reactive ketones (excluding diaryl/α,β-unsaturated/α-hetero) is 3. The second-order valence-corrected chi connectivity index (χ2v) is 8.72. The third-order valence-electron chi connectivity index (χ3n) is 6.87. The van der Waals surface area contributed by atoms with Crippen molar-refractivity contribution in [3.8, 4) is 5.75 Å². The van der Waals surface area contributed by atoms with Gasteiger partial charge >= 0.3 is 0 Å². The summed E-state index contributed by atoms with van der Waals surface area (Å²) in [7, 11) is 2.68. The molecule has 174 valence electrons. The minimum Gasteiger partial charge on any atom is -0.508 e. The molecule has 1 aromatic rings. The van der Waals surface area contributed by atoms with Crippen LogP contribution in [0.3, 0.4) is 0 Å². The number of carbonyl (C=O) groups excluding carboxylic acids is 4. The summed E-state index contributed by atoms with van der Waals surface area (Å²) in [6, 6.07) is 2.18. The first-order chi connectivity index (χ1) is 15.2. The summed E-state index contributed by atoms with van der Waals surface area (Å²) in [6.45, 7) is 3.71. The summed E-state index contributed by atoms with van der Waals surface area (Å²) < 4.78 is 16.6. The number of primary amides is 1. The number of likely N-dealkylation sites (N-methyl/N-ethyl adjacent to an activating group) is 1. The number of alkyl halides is 1. The summed E-state index contributed by atoms with van der Waals surface area (Å²) in [6.07, 6.45) is -2.10. The van der Waals surface area contributed by atoms with E-state index in [9.17, 15) is 39.6 Å². The number of ketones is 3. The number of fused-ring (bicyclic) bond motifs is 3. The van der Waals surface area contributed by atoms with E-state index in [1.54, 1.807) is 0 Å². The van der Waals surface area contributed by atoms with Crippen LogP contribution in [-0.2, 0) is 14.4 Å². The summed E-state index contributed by atoms with van der Waals surface area (Å²) in [5.74, 6) is -12.1. The van der Waals surface area contributed by atoms with Gasteiger partial charge in [0.1, 0.15) is 17.1 Å². The Kier molecular flexibility index (Phi) is 4.69. The molecule has 0 bridgehead atoms. The molecule has 0 spiro atoms. The van der Waals surface area contributed by atoms with Crippen molar-refractivity contribution in [2.75, 3.05) is 14.1 Å². The Morgan fingerprint density at radius 3 is 2.36 bits per heavy atom. The number of nitrogens with zero attached hydrogens (tertiary/aromatic N) is 1. The molecule has 0 unspecified atom stereocenters. The Hall–Kier alpha value is -3.41. The Morgan fingerprint density at radius 1 is 1.21 bits per heavy atom. The highest BCUT2D eigenvalue weighted by Gasteiger charge is 2.76. The molecule has 0 aliphatic heterocycles. The molecule has 0 radical (unpaired) electrons. The quantitative estimate of drug-likeness (QED) is 0.274. The van der Waals surface area contributed by atoms with E-state index in [0.717, 1.165) is 6.07 Å². The van der Waals surface area contributed by atoms with Crippen molar-refractivity contribution in [1.82, 2.24) is 4.90 Å². The van der Waals surface area contributed by atoms with Crippen LogP contribution in [0.2, 0.25) is 0 Å². The van der Waals surface area contributed by atoms with Gasteiger partial charge in [0.05, 0.1) is 29.5 Å². The van der Waals surface area contributed by atoms with Crippen LogP contribution in [0, 0.1) is 11.8 Å². The first kappa shape index (κ1) is 22.8. The standard InChI is InChI=1S/C22H21FN2O8/c1-7-8-5-4-6-9(26)10(8)17(29)21(23)12(7)16(28)13-14(25(2)3)15(27)11(19(24)31)18(30)22(13,33)20(21)32/h4-6,12-14,16,26,28,30,33H,1H2,2-3H3,(H2,24,31)/t12-,13+,14-,16-,21-,22+/m0/s1. The second kappa shape index (κ2) is 6.80. The van der Waals surface area contributed by atoms with E-state index in [4.69, 9.17) is 5.73 Å². The van der Waals surface area contributed by atoms with E-state index in [1.807, 2.05) is 0 Å². The molecule has 3 aliphatic carbocycles. The highest BCUT2D eigenvalue weighted by Crippen LogP contribution is 2.57. The molecular weight excluding hydrogens is 439 g/mol. The second-order valence-electron chi connectivity index (χ2n) is 8.72. The van der Waals surface area contributed by atoms with E-state index in [1.165, 1.54) is 31.1 Å². The summed E-state index contributed by atoms with van der Waals surface area (Å²) in [5, 5.41) is 43.5. The van der Waals surface area contributed by atoms with Gasteiger partial charge in [-0.2, -0.15) is 0 Å². The molecular formula is C22H21FN2O8. The lowest BCUT2D eigenvalue weighted by atomic mass is 9.51. The summed E-state index contributed by atoms with van der Waals surface area (Å²) in [5.41, 5.74) is -3.81. The minimum absolute atomic E-state index is 0.0170. The maximum Gasteiger partial charge on any atom is 0.255 e. The van der Waals surface area contributed by atoms with Crippen molar-refractivity contribution in [1.29, 1.82) is 0 Å².